The van der Waals surface area contributed by atoms with E-state index < -0.39 is 86.5 Å². The molecule has 2 heterocycles. The minimum absolute atomic E-state index is 0.0411. The van der Waals surface area contributed by atoms with Crippen LogP contribution in [-0.4, -0.2) is 132 Å². The molecule has 0 aromatic rings. The summed E-state index contributed by atoms with van der Waals surface area (Å²) in [4.78, 5) is 53.3. The van der Waals surface area contributed by atoms with E-state index in [0.717, 1.165) is 32.1 Å². The van der Waals surface area contributed by atoms with E-state index >= 15 is 0 Å². The van der Waals surface area contributed by atoms with Crippen molar-refractivity contribution < 1.29 is 61.8 Å². The minimum Gasteiger partial charge on any atom is -0.467 e. The first-order chi connectivity index (χ1) is 27.1. The zero-order valence-electron chi connectivity index (χ0n) is 36.3. The molecule has 4 unspecified atom stereocenters. The molecule has 0 aromatic carbocycles. The maximum Gasteiger partial charge on any atom is 0.337 e. The molecule has 330 valence electrons. The molecule has 17 heteroatoms. The molecule has 1 N–H and O–H groups in total. The van der Waals surface area contributed by atoms with Gasteiger partial charge in [-0.1, -0.05) is 72.3 Å². The summed E-state index contributed by atoms with van der Waals surface area (Å²) in [6.07, 6.45) is -3.40. The van der Waals surface area contributed by atoms with Gasteiger partial charge in [0.1, 0.15) is 30.2 Å². The molecule has 2 aliphatic heterocycles. The van der Waals surface area contributed by atoms with Crippen LogP contribution in [0.25, 0.3) is 10.4 Å². The van der Waals surface area contributed by atoms with Gasteiger partial charge in [0, 0.05) is 37.8 Å². The Morgan fingerprint density at radius 2 is 1.35 bits per heavy atom. The van der Waals surface area contributed by atoms with Crippen LogP contribution in [0.2, 0.25) is 18.1 Å². The van der Waals surface area contributed by atoms with Crippen molar-refractivity contribution in [3.8, 4) is 0 Å². The Morgan fingerprint density at radius 3 is 1.88 bits per heavy atom. The number of ketones is 1. The molecule has 0 saturated carbocycles. The number of carbonyl (C=O) groups excluding carboxylic acids is 3. The molecule has 0 bridgehead atoms. The maximum absolute atomic E-state index is 13.5. The fraction of sp³-hybridized carbons (Fsp3) is 0.925. The van der Waals surface area contributed by atoms with E-state index in [2.05, 4.69) is 16.9 Å². The molecular formula is C40H73N3O13Si. The van der Waals surface area contributed by atoms with Gasteiger partial charge < -0.3 is 52.2 Å². The Morgan fingerprint density at radius 1 is 0.789 bits per heavy atom. The predicted molar refractivity (Wildman–Crippen MR) is 215 cm³/mol. The van der Waals surface area contributed by atoms with Gasteiger partial charge in [0.2, 0.25) is 0 Å². The number of carbonyl (C=O) groups is 3. The van der Waals surface area contributed by atoms with Gasteiger partial charge in [-0.15, -0.1) is 0 Å². The van der Waals surface area contributed by atoms with E-state index in [0.29, 0.717) is 38.9 Å². The van der Waals surface area contributed by atoms with E-state index in [4.69, 9.17) is 42.6 Å². The molecule has 0 radical (unpaired) electrons. The number of nitrogens with zero attached hydrogens (tertiary/aromatic N) is 3. The number of methoxy groups -OCH3 is 1. The summed E-state index contributed by atoms with van der Waals surface area (Å²) in [6, 6.07) is -0.919. The lowest BCUT2D eigenvalue weighted by Crippen LogP contribution is -2.67. The number of rotatable bonds is 28. The summed E-state index contributed by atoms with van der Waals surface area (Å²) in [7, 11) is -1.52. The smallest absolute Gasteiger partial charge is 0.337 e. The third kappa shape index (κ3) is 16.1. The summed E-state index contributed by atoms with van der Waals surface area (Å²) in [5.41, 5.74) is 9.92. The van der Waals surface area contributed by atoms with Crippen molar-refractivity contribution in [2.75, 3.05) is 40.1 Å². The molecule has 16 nitrogen and oxygen atoms in total. The molecule has 0 aromatic heterocycles. The molecule has 2 rings (SSSR count). The maximum atomic E-state index is 13.5. The van der Waals surface area contributed by atoms with Crippen LogP contribution in [0.4, 0.5) is 0 Å². The van der Waals surface area contributed by atoms with Crippen molar-refractivity contribution in [2.45, 2.75) is 198 Å². The molecule has 10 atom stereocenters. The number of azide groups is 1. The highest BCUT2D eigenvalue weighted by atomic mass is 28.4. The lowest BCUT2D eigenvalue weighted by atomic mass is 9.88. The highest BCUT2D eigenvalue weighted by molar-refractivity contribution is 6.72. The van der Waals surface area contributed by atoms with Crippen LogP contribution in [-0.2, 0) is 57.0 Å². The number of ether oxygens (including phenoxy) is 9. The van der Waals surface area contributed by atoms with Crippen LogP contribution in [0.15, 0.2) is 5.11 Å². The Hall–Kier alpha value is -2.18. The van der Waals surface area contributed by atoms with E-state index in [9.17, 15) is 24.7 Å². The van der Waals surface area contributed by atoms with Gasteiger partial charge in [-0.3, -0.25) is 4.79 Å². The Kier molecular flexibility index (Phi) is 23.3. The van der Waals surface area contributed by atoms with Gasteiger partial charge in [0.05, 0.1) is 38.4 Å². The third-order valence-corrected chi connectivity index (χ3v) is 14.3. The number of esters is 2. The molecule has 0 spiro atoms. The predicted octanol–water partition coefficient (Wildman–Crippen LogP) is 6.74. The highest BCUT2D eigenvalue weighted by Gasteiger charge is 2.57. The van der Waals surface area contributed by atoms with Crippen molar-refractivity contribution in [1.29, 1.82) is 0 Å². The van der Waals surface area contributed by atoms with E-state index in [1.54, 1.807) is 0 Å². The van der Waals surface area contributed by atoms with Gasteiger partial charge in [-0.25, -0.2) is 4.79 Å². The first kappa shape index (κ1) is 51.0. The minimum atomic E-state index is -2.76. The van der Waals surface area contributed by atoms with E-state index in [-0.39, 0.29) is 38.4 Å². The van der Waals surface area contributed by atoms with Crippen LogP contribution in [0, 0.1) is 0 Å². The van der Waals surface area contributed by atoms with Crippen LogP contribution >= 0.6 is 0 Å². The summed E-state index contributed by atoms with van der Waals surface area (Å²) in [5.74, 6) is -1.62. The first-order valence-electron chi connectivity index (χ1n) is 21.0. The summed E-state index contributed by atoms with van der Waals surface area (Å²) < 4.78 is 56.8. The molecular weight excluding hydrogens is 759 g/mol. The van der Waals surface area contributed by atoms with Gasteiger partial charge in [-0.05, 0) is 62.7 Å². The lowest BCUT2D eigenvalue weighted by molar-refractivity contribution is -0.341. The Balaban J connectivity index is 2.80. The van der Waals surface area contributed by atoms with Crippen molar-refractivity contribution in [3.05, 3.63) is 10.4 Å². The molecule has 2 fully saturated rings. The van der Waals surface area contributed by atoms with E-state index in [1.165, 1.54) is 14.0 Å². The van der Waals surface area contributed by atoms with Crippen molar-refractivity contribution in [2.24, 2.45) is 5.11 Å². The Bertz CT molecular complexity index is 1250. The summed E-state index contributed by atoms with van der Waals surface area (Å²) in [5, 5.41) is 3.66. The standard InChI is InChI=1S/C40H73N3O13Si/c1-11-15-21-49-26-29-32(33(50-22-16-12-2)31(42-43-41)28(53-29)25-40(6,7)57(9,10)47)55-39-37(54-30(45)20-19-27(5)44)35(52-24-18-14-4)34(51-23-17-13-3)36(56-39)38(46)48-8/h28-29,31-37,39,47H,11-26H2,1-10H3/t28-,29?,31+,32+,33?,34-,35?,36?,37-,39+/m0/s1. The van der Waals surface area contributed by atoms with Crippen LogP contribution in [0.1, 0.15) is 119 Å². The molecule has 0 amide bonds. The van der Waals surface area contributed by atoms with Crippen molar-refractivity contribution >= 4 is 26.0 Å². The van der Waals surface area contributed by atoms with Crippen LogP contribution in [0.3, 0.4) is 0 Å². The van der Waals surface area contributed by atoms with Crippen LogP contribution < -0.4 is 0 Å². The average molecular weight is 832 g/mol. The third-order valence-electron chi connectivity index (χ3n) is 10.8. The normalized spacial score (nSPS) is 28.1. The number of Topliss-reactive ketones (excluding diaryl/α,β-unsaturated/α-hetero) is 1. The van der Waals surface area contributed by atoms with Crippen LogP contribution in [0.5, 0.6) is 0 Å². The second kappa shape index (κ2) is 26.1. The van der Waals surface area contributed by atoms with Gasteiger partial charge in [-0.2, -0.15) is 0 Å². The first-order valence-corrected chi connectivity index (χ1v) is 24.0. The van der Waals surface area contributed by atoms with Gasteiger partial charge in [0.25, 0.3) is 0 Å². The van der Waals surface area contributed by atoms with Gasteiger partial charge >= 0.3 is 11.9 Å². The topological polar surface area (TPSA) is 203 Å². The van der Waals surface area contributed by atoms with Crippen molar-refractivity contribution in [1.82, 2.24) is 0 Å². The molecule has 57 heavy (non-hydrogen) atoms. The fourth-order valence-electron chi connectivity index (χ4n) is 6.52. The number of unbranched alkanes of at least 4 members (excludes halogenated alkanes) is 4. The number of hydrogen-bond donors (Lipinski definition) is 1. The van der Waals surface area contributed by atoms with Crippen molar-refractivity contribution in [3.63, 3.8) is 0 Å². The summed E-state index contributed by atoms with van der Waals surface area (Å²) >= 11 is 0. The zero-order valence-corrected chi connectivity index (χ0v) is 37.3. The number of hydrogen-bond acceptors (Lipinski definition) is 14. The second-order valence-electron chi connectivity index (χ2n) is 16.3. The lowest BCUT2D eigenvalue weighted by Gasteiger charge is -2.50. The monoisotopic (exact) mass is 831 g/mol. The average Bonchev–Trinajstić information content (AvgIpc) is 3.15. The SMILES string of the molecule is CCCCOCC1O[C@@H](CC(C)(C)[Si](C)(C)O)[C@@H](N=[N+]=[N-])C(OCCCC)[C@@H]1O[C@@H]1OC(C(=O)OC)[C@@H](OCCCC)C(OCCCC)[C@@H]1OC(=O)CCC(C)=O. The second-order valence-corrected chi connectivity index (χ2v) is 20.7. The fourth-order valence-corrected chi connectivity index (χ4v) is 7.22. The van der Waals surface area contributed by atoms with E-state index in [1.807, 2.05) is 47.7 Å². The largest absolute Gasteiger partial charge is 0.467 e. The highest BCUT2D eigenvalue weighted by Crippen LogP contribution is 2.44. The zero-order chi connectivity index (χ0) is 42.6. The van der Waals surface area contributed by atoms with Gasteiger partial charge in [0.15, 0.2) is 26.8 Å². The molecule has 2 aliphatic rings. The Labute approximate surface area is 341 Å². The molecule has 2 saturated heterocycles. The molecule has 0 aliphatic carbocycles. The quantitative estimate of drug-likeness (QED) is 0.0217. The summed E-state index contributed by atoms with van der Waals surface area (Å²) in [6.45, 7) is 18.5.